The lowest BCUT2D eigenvalue weighted by atomic mass is 10.1. The summed E-state index contributed by atoms with van der Waals surface area (Å²) in [5.74, 6) is 0. The van der Waals surface area contributed by atoms with Gasteiger partial charge in [0.2, 0.25) is 0 Å². The van der Waals surface area contributed by atoms with E-state index in [0.717, 1.165) is 19.5 Å². The number of thiophene rings is 1. The quantitative estimate of drug-likeness (QED) is 0.681. The molecule has 0 saturated carbocycles. The normalized spacial score (nSPS) is 13.0. The third-order valence-corrected chi connectivity index (χ3v) is 3.02. The Kier molecular flexibility index (Phi) is 5.83. The van der Waals surface area contributed by atoms with Gasteiger partial charge >= 0.3 is 0 Å². The molecular weight excluding hydrogens is 192 g/mol. The molecular formula is C11H20N2S. The third-order valence-electron chi connectivity index (χ3n) is 2.14. The maximum atomic E-state index is 5.67. The van der Waals surface area contributed by atoms with Crippen molar-refractivity contribution in [2.75, 3.05) is 6.54 Å². The van der Waals surface area contributed by atoms with Crippen LogP contribution in [0.2, 0.25) is 0 Å². The Hall–Kier alpha value is -0.380. The van der Waals surface area contributed by atoms with Crippen molar-refractivity contribution in [2.45, 2.75) is 38.8 Å². The zero-order valence-corrected chi connectivity index (χ0v) is 9.65. The van der Waals surface area contributed by atoms with E-state index < -0.39 is 0 Å². The van der Waals surface area contributed by atoms with Gasteiger partial charge < -0.3 is 11.1 Å². The van der Waals surface area contributed by atoms with Gasteiger partial charge in [-0.3, -0.25) is 0 Å². The fourth-order valence-corrected chi connectivity index (χ4v) is 2.02. The Bertz CT molecular complexity index is 219. The standard InChI is InChI=1S/C11H20N2S/c1-10(12)5-2-3-7-13-9-11-6-4-8-14-11/h4,6,8,10,13H,2-3,5,7,9,12H2,1H3. The van der Waals surface area contributed by atoms with Crippen LogP contribution in [0.25, 0.3) is 0 Å². The molecule has 1 atom stereocenters. The van der Waals surface area contributed by atoms with Crippen molar-refractivity contribution in [2.24, 2.45) is 5.73 Å². The van der Waals surface area contributed by atoms with Crippen molar-refractivity contribution < 1.29 is 0 Å². The first-order valence-corrected chi connectivity index (χ1v) is 6.15. The minimum absolute atomic E-state index is 0.354. The molecule has 3 N–H and O–H groups in total. The second kappa shape index (κ2) is 6.98. The number of nitrogens with two attached hydrogens (primary N) is 1. The molecule has 0 aliphatic carbocycles. The first-order chi connectivity index (χ1) is 6.79. The lowest BCUT2D eigenvalue weighted by Gasteiger charge is -2.05. The van der Waals surface area contributed by atoms with Gasteiger partial charge in [-0.15, -0.1) is 11.3 Å². The minimum atomic E-state index is 0.354. The Balaban J connectivity index is 1.90. The molecule has 0 aliphatic heterocycles. The summed E-state index contributed by atoms with van der Waals surface area (Å²) >= 11 is 1.81. The minimum Gasteiger partial charge on any atom is -0.328 e. The van der Waals surface area contributed by atoms with E-state index in [1.165, 1.54) is 17.7 Å². The molecule has 0 aromatic carbocycles. The van der Waals surface area contributed by atoms with Crippen molar-refractivity contribution in [3.05, 3.63) is 22.4 Å². The molecule has 1 unspecified atom stereocenters. The van der Waals surface area contributed by atoms with Gasteiger partial charge in [0.05, 0.1) is 0 Å². The molecule has 0 aliphatic rings. The van der Waals surface area contributed by atoms with Gasteiger partial charge in [-0.25, -0.2) is 0 Å². The average Bonchev–Trinajstić information content (AvgIpc) is 2.63. The van der Waals surface area contributed by atoms with Crippen molar-refractivity contribution in [1.82, 2.24) is 5.32 Å². The summed E-state index contributed by atoms with van der Waals surface area (Å²) in [5.41, 5.74) is 5.67. The predicted molar refractivity (Wildman–Crippen MR) is 63.5 cm³/mol. The second-order valence-electron chi connectivity index (χ2n) is 3.73. The SMILES string of the molecule is CC(N)CCCCNCc1cccs1. The highest BCUT2D eigenvalue weighted by molar-refractivity contribution is 7.09. The molecule has 0 amide bonds. The molecule has 0 spiro atoms. The highest BCUT2D eigenvalue weighted by Crippen LogP contribution is 2.07. The van der Waals surface area contributed by atoms with Crippen LogP contribution in [0.5, 0.6) is 0 Å². The van der Waals surface area contributed by atoms with E-state index in [4.69, 9.17) is 5.73 Å². The Morgan fingerprint density at radius 3 is 3.00 bits per heavy atom. The first-order valence-electron chi connectivity index (χ1n) is 5.27. The van der Waals surface area contributed by atoms with Crippen molar-refractivity contribution in [3.8, 4) is 0 Å². The molecule has 3 heteroatoms. The Labute approximate surface area is 90.5 Å². The fourth-order valence-electron chi connectivity index (χ4n) is 1.34. The van der Waals surface area contributed by atoms with E-state index in [-0.39, 0.29) is 0 Å². The molecule has 0 radical (unpaired) electrons. The van der Waals surface area contributed by atoms with Gasteiger partial charge in [-0.1, -0.05) is 12.5 Å². The van der Waals surface area contributed by atoms with E-state index in [1.807, 2.05) is 11.3 Å². The monoisotopic (exact) mass is 212 g/mol. The number of rotatable bonds is 7. The van der Waals surface area contributed by atoms with Gasteiger partial charge in [-0.2, -0.15) is 0 Å². The fraction of sp³-hybridized carbons (Fsp3) is 0.636. The summed E-state index contributed by atoms with van der Waals surface area (Å²) < 4.78 is 0. The predicted octanol–water partition coefficient (Wildman–Crippen LogP) is 2.36. The van der Waals surface area contributed by atoms with Crippen LogP contribution < -0.4 is 11.1 Å². The number of hydrogen-bond acceptors (Lipinski definition) is 3. The molecule has 1 aromatic rings. The van der Waals surface area contributed by atoms with Crippen molar-refractivity contribution >= 4 is 11.3 Å². The Morgan fingerprint density at radius 2 is 2.36 bits per heavy atom. The highest BCUT2D eigenvalue weighted by Gasteiger charge is 1.95. The van der Waals surface area contributed by atoms with Crippen LogP contribution in [-0.4, -0.2) is 12.6 Å². The van der Waals surface area contributed by atoms with Crippen molar-refractivity contribution in [3.63, 3.8) is 0 Å². The maximum Gasteiger partial charge on any atom is 0.0299 e. The average molecular weight is 212 g/mol. The number of hydrogen-bond donors (Lipinski definition) is 2. The van der Waals surface area contributed by atoms with Gasteiger partial charge in [0.1, 0.15) is 0 Å². The summed E-state index contributed by atoms with van der Waals surface area (Å²) in [5, 5.41) is 5.55. The lowest BCUT2D eigenvalue weighted by Crippen LogP contribution is -2.17. The van der Waals surface area contributed by atoms with Gasteiger partial charge in [0.25, 0.3) is 0 Å². The van der Waals surface area contributed by atoms with E-state index >= 15 is 0 Å². The summed E-state index contributed by atoms with van der Waals surface area (Å²) in [7, 11) is 0. The van der Waals surface area contributed by atoms with Gasteiger partial charge in [0.15, 0.2) is 0 Å². The molecule has 0 saturated heterocycles. The molecule has 1 aromatic heterocycles. The zero-order valence-electron chi connectivity index (χ0n) is 8.83. The van der Waals surface area contributed by atoms with Crippen LogP contribution in [0.4, 0.5) is 0 Å². The number of unbranched alkanes of at least 4 members (excludes halogenated alkanes) is 1. The third kappa shape index (κ3) is 5.37. The Morgan fingerprint density at radius 1 is 1.50 bits per heavy atom. The van der Waals surface area contributed by atoms with Crippen LogP contribution in [0.15, 0.2) is 17.5 Å². The smallest absolute Gasteiger partial charge is 0.0299 e. The summed E-state index contributed by atoms with van der Waals surface area (Å²) in [6.07, 6.45) is 3.60. The molecule has 1 heterocycles. The van der Waals surface area contributed by atoms with E-state index in [2.05, 4.69) is 29.8 Å². The summed E-state index contributed by atoms with van der Waals surface area (Å²) in [4.78, 5) is 1.41. The van der Waals surface area contributed by atoms with E-state index in [1.54, 1.807) is 0 Å². The molecule has 80 valence electrons. The van der Waals surface area contributed by atoms with Crippen LogP contribution in [0.1, 0.15) is 31.1 Å². The van der Waals surface area contributed by atoms with Gasteiger partial charge in [-0.05, 0) is 37.8 Å². The first kappa shape index (κ1) is 11.7. The van der Waals surface area contributed by atoms with Crippen LogP contribution >= 0.6 is 11.3 Å². The summed E-state index contributed by atoms with van der Waals surface area (Å²) in [6, 6.07) is 4.62. The molecule has 0 fully saturated rings. The maximum absolute atomic E-state index is 5.67. The van der Waals surface area contributed by atoms with E-state index in [9.17, 15) is 0 Å². The highest BCUT2D eigenvalue weighted by atomic mass is 32.1. The lowest BCUT2D eigenvalue weighted by molar-refractivity contribution is 0.565. The zero-order chi connectivity index (χ0) is 10.2. The van der Waals surface area contributed by atoms with Crippen LogP contribution in [0.3, 0.4) is 0 Å². The van der Waals surface area contributed by atoms with Crippen LogP contribution in [0, 0.1) is 0 Å². The van der Waals surface area contributed by atoms with Crippen LogP contribution in [-0.2, 0) is 6.54 Å². The van der Waals surface area contributed by atoms with Crippen molar-refractivity contribution in [1.29, 1.82) is 0 Å². The van der Waals surface area contributed by atoms with Gasteiger partial charge in [0, 0.05) is 17.5 Å². The molecule has 1 rings (SSSR count). The van der Waals surface area contributed by atoms with E-state index in [0.29, 0.717) is 6.04 Å². The second-order valence-corrected chi connectivity index (χ2v) is 4.76. The topological polar surface area (TPSA) is 38.0 Å². The molecule has 2 nitrogen and oxygen atoms in total. The molecule has 14 heavy (non-hydrogen) atoms. The molecule has 0 bridgehead atoms. The largest absolute Gasteiger partial charge is 0.328 e. The summed E-state index contributed by atoms with van der Waals surface area (Å²) in [6.45, 7) is 4.18. The number of nitrogens with one attached hydrogen (secondary N) is 1.